The van der Waals surface area contributed by atoms with Crippen LogP contribution in [0, 0.1) is 11.8 Å². The summed E-state index contributed by atoms with van der Waals surface area (Å²) < 4.78 is 5.31. The van der Waals surface area contributed by atoms with Crippen molar-refractivity contribution in [2.24, 2.45) is 11.8 Å². The average Bonchev–Trinajstić information content (AvgIpc) is 2.15. The van der Waals surface area contributed by atoms with Crippen molar-refractivity contribution < 1.29 is 4.74 Å². The molecule has 2 unspecified atom stereocenters. The van der Waals surface area contributed by atoms with Crippen molar-refractivity contribution in [2.75, 3.05) is 13.2 Å². The van der Waals surface area contributed by atoms with Gasteiger partial charge in [0.25, 0.3) is 0 Å². The summed E-state index contributed by atoms with van der Waals surface area (Å²) in [5, 5.41) is 0. The lowest BCUT2D eigenvalue weighted by atomic mass is 10.0. The van der Waals surface area contributed by atoms with Gasteiger partial charge in [0.1, 0.15) is 0 Å². The lowest BCUT2D eigenvalue weighted by molar-refractivity contribution is 0.173. The summed E-state index contributed by atoms with van der Waals surface area (Å²) in [5.41, 5.74) is 0. The fourth-order valence-corrected chi connectivity index (χ4v) is 1.92. The summed E-state index contributed by atoms with van der Waals surface area (Å²) in [4.78, 5) is 0. The fraction of sp³-hybridized carbons (Fsp3) is 1.00. The zero-order valence-corrected chi connectivity index (χ0v) is 5.10. The van der Waals surface area contributed by atoms with Crippen molar-refractivity contribution in [3.05, 3.63) is 0 Å². The minimum atomic E-state index is 0.954. The van der Waals surface area contributed by atoms with Gasteiger partial charge in [0.05, 0.1) is 0 Å². The van der Waals surface area contributed by atoms with Crippen LogP contribution in [0.5, 0.6) is 0 Å². The van der Waals surface area contributed by atoms with E-state index < -0.39 is 0 Å². The van der Waals surface area contributed by atoms with E-state index in [1.807, 2.05) is 0 Å². The van der Waals surface area contributed by atoms with Gasteiger partial charge in [-0.25, -0.2) is 0 Å². The molecule has 0 aromatic rings. The largest absolute Gasteiger partial charge is 0.381 e. The Hall–Kier alpha value is -0.0400. The first-order chi connectivity index (χ1) is 3.97. The molecule has 1 heterocycles. The second-order valence-electron chi connectivity index (χ2n) is 2.99. The zero-order valence-electron chi connectivity index (χ0n) is 5.10. The van der Waals surface area contributed by atoms with Gasteiger partial charge in [-0.15, -0.1) is 0 Å². The van der Waals surface area contributed by atoms with Crippen LogP contribution in [0.1, 0.15) is 19.3 Å². The number of hydrogen-bond donors (Lipinski definition) is 0. The van der Waals surface area contributed by atoms with Crippen LogP contribution in [0.4, 0.5) is 0 Å². The van der Waals surface area contributed by atoms with Gasteiger partial charge in [-0.05, 0) is 24.7 Å². The molecule has 1 heteroatoms. The normalized spacial score (nSPS) is 45.0. The molecule has 0 bridgehead atoms. The molecule has 0 radical (unpaired) electrons. The summed E-state index contributed by atoms with van der Waals surface area (Å²) in [5.74, 6) is 1.91. The van der Waals surface area contributed by atoms with Crippen molar-refractivity contribution >= 4 is 0 Å². The Morgan fingerprint density at radius 1 is 1.00 bits per heavy atom. The van der Waals surface area contributed by atoms with Crippen LogP contribution < -0.4 is 0 Å². The number of fused-ring (bicyclic) bond motifs is 1. The lowest BCUT2D eigenvalue weighted by Crippen LogP contribution is -2.01. The van der Waals surface area contributed by atoms with E-state index in [-0.39, 0.29) is 0 Å². The quantitative estimate of drug-likeness (QED) is 0.460. The zero-order chi connectivity index (χ0) is 5.40. The Kier molecular flexibility index (Phi) is 1.04. The SMILES string of the molecule is C1CC2COCC2C1. The van der Waals surface area contributed by atoms with Gasteiger partial charge >= 0.3 is 0 Å². The highest BCUT2D eigenvalue weighted by Gasteiger charge is 2.31. The van der Waals surface area contributed by atoms with Crippen LogP contribution in [-0.2, 0) is 4.74 Å². The molecule has 1 aliphatic carbocycles. The topological polar surface area (TPSA) is 9.23 Å². The van der Waals surface area contributed by atoms with E-state index in [0.29, 0.717) is 0 Å². The second-order valence-corrected chi connectivity index (χ2v) is 2.99. The molecule has 0 aromatic carbocycles. The maximum absolute atomic E-state index is 5.31. The predicted molar refractivity (Wildman–Crippen MR) is 31.6 cm³/mol. The minimum Gasteiger partial charge on any atom is -0.381 e. The molecule has 2 rings (SSSR count). The third-order valence-electron chi connectivity index (χ3n) is 2.48. The number of rotatable bonds is 0. The number of ether oxygens (including phenoxy) is 1. The van der Waals surface area contributed by atoms with Crippen molar-refractivity contribution in [1.82, 2.24) is 0 Å². The average molecular weight is 112 g/mol. The van der Waals surface area contributed by atoms with E-state index >= 15 is 0 Å². The molecular formula is C7H12O. The summed E-state index contributed by atoms with van der Waals surface area (Å²) in [6.45, 7) is 2.12. The van der Waals surface area contributed by atoms with Crippen molar-refractivity contribution in [3.8, 4) is 0 Å². The molecule has 8 heavy (non-hydrogen) atoms. The standard InChI is InChI=1S/C7H12O/c1-2-6-4-8-5-7(6)3-1/h6-7H,1-5H2. The van der Waals surface area contributed by atoms with E-state index in [0.717, 1.165) is 25.0 Å². The Bertz CT molecular complexity index is 70.4. The molecule has 0 spiro atoms. The summed E-state index contributed by atoms with van der Waals surface area (Å²) >= 11 is 0. The van der Waals surface area contributed by atoms with Gasteiger partial charge in [-0.3, -0.25) is 0 Å². The molecule has 0 amide bonds. The van der Waals surface area contributed by atoms with E-state index in [4.69, 9.17) is 4.74 Å². The third-order valence-corrected chi connectivity index (χ3v) is 2.48. The molecule has 0 aromatic heterocycles. The minimum absolute atomic E-state index is 0.954. The molecule has 1 aliphatic heterocycles. The summed E-state index contributed by atoms with van der Waals surface area (Å²) in [6.07, 6.45) is 4.33. The van der Waals surface area contributed by atoms with E-state index in [1.165, 1.54) is 19.3 Å². The van der Waals surface area contributed by atoms with Crippen molar-refractivity contribution in [2.45, 2.75) is 19.3 Å². The summed E-state index contributed by atoms with van der Waals surface area (Å²) in [6, 6.07) is 0. The van der Waals surface area contributed by atoms with E-state index in [1.54, 1.807) is 0 Å². The van der Waals surface area contributed by atoms with Crippen molar-refractivity contribution in [3.63, 3.8) is 0 Å². The van der Waals surface area contributed by atoms with Gasteiger partial charge in [0.2, 0.25) is 0 Å². The fourth-order valence-electron chi connectivity index (χ4n) is 1.92. The highest BCUT2D eigenvalue weighted by Crippen LogP contribution is 2.35. The maximum Gasteiger partial charge on any atom is 0.0497 e. The molecule has 1 saturated carbocycles. The van der Waals surface area contributed by atoms with Gasteiger partial charge in [0, 0.05) is 13.2 Å². The Morgan fingerprint density at radius 2 is 1.62 bits per heavy atom. The van der Waals surface area contributed by atoms with Gasteiger partial charge in [-0.2, -0.15) is 0 Å². The first kappa shape index (κ1) is 4.80. The van der Waals surface area contributed by atoms with Crippen LogP contribution in [0.25, 0.3) is 0 Å². The van der Waals surface area contributed by atoms with Gasteiger partial charge in [-0.1, -0.05) is 6.42 Å². The smallest absolute Gasteiger partial charge is 0.0497 e. The predicted octanol–water partition coefficient (Wildman–Crippen LogP) is 1.43. The molecule has 1 nitrogen and oxygen atoms in total. The first-order valence-electron chi connectivity index (χ1n) is 3.54. The van der Waals surface area contributed by atoms with Crippen LogP contribution in [0.3, 0.4) is 0 Å². The highest BCUT2D eigenvalue weighted by molar-refractivity contribution is 4.80. The Morgan fingerprint density at radius 3 is 2.25 bits per heavy atom. The van der Waals surface area contributed by atoms with Crippen LogP contribution in [0.2, 0.25) is 0 Å². The van der Waals surface area contributed by atoms with Crippen LogP contribution >= 0.6 is 0 Å². The first-order valence-corrected chi connectivity index (χ1v) is 3.54. The molecule has 1 saturated heterocycles. The lowest BCUT2D eigenvalue weighted by Gasteiger charge is -2.01. The van der Waals surface area contributed by atoms with E-state index in [9.17, 15) is 0 Å². The van der Waals surface area contributed by atoms with Gasteiger partial charge in [0.15, 0.2) is 0 Å². The molecule has 2 atom stereocenters. The Balaban J connectivity index is 2.04. The van der Waals surface area contributed by atoms with Crippen LogP contribution in [-0.4, -0.2) is 13.2 Å². The maximum atomic E-state index is 5.31. The molecule has 2 aliphatic rings. The molecular weight excluding hydrogens is 100 g/mol. The summed E-state index contributed by atoms with van der Waals surface area (Å²) in [7, 11) is 0. The monoisotopic (exact) mass is 112 g/mol. The van der Waals surface area contributed by atoms with Crippen molar-refractivity contribution in [1.29, 1.82) is 0 Å². The molecule has 2 fully saturated rings. The number of hydrogen-bond acceptors (Lipinski definition) is 1. The highest BCUT2D eigenvalue weighted by atomic mass is 16.5. The molecule has 46 valence electrons. The third kappa shape index (κ3) is 0.576. The van der Waals surface area contributed by atoms with E-state index in [2.05, 4.69) is 0 Å². The van der Waals surface area contributed by atoms with Crippen LogP contribution in [0.15, 0.2) is 0 Å². The second kappa shape index (κ2) is 1.73. The van der Waals surface area contributed by atoms with Gasteiger partial charge < -0.3 is 4.74 Å². The molecule has 0 N–H and O–H groups in total. The Labute approximate surface area is 50.0 Å².